The van der Waals surface area contributed by atoms with Gasteiger partial charge in [-0.2, -0.15) is 0 Å². The summed E-state index contributed by atoms with van der Waals surface area (Å²) in [4.78, 5) is 16.8. The number of carbonyl (C=O) groups is 1. The first-order valence-corrected chi connectivity index (χ1v) is 3.12. The second kappa shape index (κ2) is 3.01. The lowest BCUT2D eigenvalue weighted by atomic mass is 10.4. The van der Waals surface area contributed by atoms with Gasteiger partial charge in [-0.3, -0.25) is 0 Å². The SMILES string of the molecule is C=CCc1nc(C(=O)O)c[nH]1. The monoisotopic (exact) mass is 152 g/mol. The highest BCUT2D eigenvalue weighted by Gasteiger charge is 2.05. The molecule has 0 saturated carbocycles. The molecule has 58 valence electrons. The van der Waals surface area contributed by atoms with Crippen molar-refractivity contribution in [2.45, 2.75) is 6.42 Å². The van der Waals surface area contributed by atoms with E-state index in [0.717, 1.165) is 0 Å². The summed E-state index contributed by atoms with van der Waals surface area (Å²) >= 11 is 0. The van der Waals surface area contributed by atoms with Crippen LogP contribution >= 0.6 is 0 Å². The van der Waals surface area contributed by atoms with Crippen molar-refractivity contribution in [3.63, 3.8) is 0 Å². The van der Waals surface area contributed by atoms with Crippen LogP contribution in [0.4, 0.5) is 0 Å². The predicted octanol–water partition coefficient (Wildman–Crippen LogP) is 0.836. The second-order valence-corrected chi connectivity index (χ2v) is 2.03. The van der Waals surface area contributed by atoms with Gasteiger partial charge in [0, 0.05) is 12.6 Å². The van der Waals surface area contributed by atoms with Gasteiger partial charge in [0.1, 0.15) is 5.82 Å². The summed E-state index contributed by atoms with van der Waals surface area (Å²) < 4.78 is 0. The average molecular weight is 152 g/mol. The summed E-state index contributed by atoms with van der Waals surface area (Å²) in [5.41, 5.74) is 0.0434. The van der Waals surface area contributed by atoms with Crippen LogP contribution in [0.15, 0.2) is 18.9 Å². The fourth-order valence-corrected chi connectivity index (χ4v) is 0.712. The topological polar surface area (TPSA) is 66.0 Å². The van der Waals surface area contributed by atoms with E-state index in [9.17, 15) is 4.79 Å². The van der Waals surface area contributed by atoms with Crippen LogP contribution in [0.25, 0.3) is 0 Å². The van der Waals surface area contributed by atoms with Crippen LogP contribution in [-0.4, -0.2) is 21.0 Å². The fraction of sp³-hybridized carbons (Fsp3) is 0.143. The van der Waals surface area contributed by atoms with Gasteiger partial charge in [-0.1, -0.05) is 6.08 Å². The Morgan fingerprint density at radius 3 is 3.09 bits per heavy atom. The van der Waals surface area contributed by atoms with E-state index in [1.165, 1.54) is 6.20 Å². The largest absolute Gasteiger partial charge is 0.476 e. The van der Waals surface area contributed by atoms with E-state index in [2.05, 4.69) is 16.5 Å². The van der Waals surface area contributed by atoms with Gasteiger partial charge in [0.15, 0.2) is 5.69 Å². The molecule has 0 fully saturated rings. The molecule has 11 heavy (non-hydrogen) atoms. The van der Waals surface area contributed by atoms with E-state index in [0.29, 0.717) is 12.2 Å². The minimum Gasteiger partial charge on any atom is -0.476 e. The van der Waals surface area contributed by atoms with Crippen molar-refractivity contribution in [3.05, 3.63) is 30.4 Å². The Labute approximate surface area is 63.6 Å². The van der Waals surface area contributed by atoms with Gasteiger partial charge in [-0.05, 0) is 0 Å². The summed E-state index contributed by atoms with van der Waals surface area (Å²) in [6, 6.07) is 0. The number of aromatic carboxylic acids is 1. The van der Waals surface area contributed by atoms with Gasteiger partial charge in [0.2, 0.25) is 0 Å². The Morgan fingerprint density at radius 2 is 2.64 bits per heavy atom. The maximum atomic E-state index is 10.3. The number of H-pyrrole nitrogens is 1. The van der Waals surface area contributed by atoms with Crippen molar-refractivity contribution in [1.29, 1.82) is 0 Å². The minimum atomic E-state index is -1.02. The zero-order valence-corrected chi connectivity index (χ0v) is 5.87. The molecule has 1 rings (SSSR count). The average Bonchev–Trinajstić information content (AvgIpc) is 2.37. The number of hydrogen-bond acceptors (Lipinski definition) is 2. The molecule has 1 heterocycles. The Morgan fingerprint density at radius 1 is 1.91 bits per heavy atom. The van der Waals surface area contributed by atoms with Gasteiger partial charge >= 0.3 is 5.97 Å². The maximum Gasteiger partial charge on any atom is 0.356 e. The van der Waals surface area contributed by atoms with Gasteiger partial charge in [0.25, 0.3) is 0 Å². The molecule has 0 aromatic carbocycles. The molecule has 0 amide bonds. The van der Waals surface area contributed by atoms with Crippen LogP contribution in [0.1, 0.15) is 16.3 Å². The number of allylic oxidation sites excluding steroid dienone is 1. The van der Waals surface area contributed by atoms with Crippen molar-refractivity contribution in [1.82, 2.24) is 9.97 Å². The molecule has 1 aromatic rings. The molecule has 0 spiro atoms. The number of aromatic amines is 1. The first-order valence-electron chi connectivity index (χ1n) is 3.12. The molecule has 4 nitrogen and oxygen atoms in total. The van der Waals surface area contributed by atoms with E-state index in [4.69, 9.17) is 5.11 Å². The number of imidazole rings is 1. The predicted molar refractivity (Wildman–Crippen MR) is 39.4 cm³/mol. The van der Waals surface area contributed by atoms with E-state index in [1.54, 1.807) is 6.08 Å². The van der Waals surface area contributed by atoms with Gasteiger partial charge in [-0.15, -0.1) is 6.58 Å². The lowest BCUT2D eigenvalue weighted by Gasteiger charge is -1.84. The summed E-state index contributed by atoms with van der Waals surface area (Å²) in [5.74, 6) is -0.394. The normalized spacial score (nSPS) is 9.45. The number of aromatic nitrogens is 2. The molecule has 0 unspecified atom stereocenters. The highest BCUT2D eigenvalue weighted by molar-refractivity contribution is 5.84. The third-order valence-corrected chi connectivity index (χ3v) is 1.19. The minimum absolute atomic E-state index is 0.0434. The van der Waals surface area contributed by atoms with Crippen molar-refractivity contribution >= 4 is 5.97 Å². The van der Waals surface area contributed by atoms with Crippen molar-refractivity contribution in [2.24, 2.45) is 0 Å². The van der Waals surface area contributed by atoms with E-state index >= 15 is 0 Å². The van der Waals surface area contributed by atoms with Crippen molar-refractivity contribution in [2.75, 3.05) is 0 Å². The molecule has 0 radical (unpaired) electrons. The molecule has 0 aliphatic heterocycles. The molecule has 0 atom stereocenters. The van der Waals surface area contributed by atoms with Gasteiger partial charge in [0.05, 0.1) is 0 Å². The van der Waals surface area contributed by atoms with Crippen LogP contribution in [0.2, 0.25) is 0 Å². The summed E-state index contributed by atoms with van der Waals surface area (Å²) in [5, 5.41) is 8.46. The molecule has 2 N–H and O–H groups in total. The quantitative estimate of drug-likeness (QED) is 0.630. The number of hydrogen-bond donors (Lipinski definition) is 2. The lowest BCUT2D eigenvalue weighted by molar-refractivity contribution is 0.0691. The van der Waals surface area contributed by atoms with E-state index in [1.807, 2.05) is 0 Å². The van der Waals surface area contributed by atoms with E-state index in [-0.39, 0.29) is 5.69 Å². The van der Waals surface area contributed by atoms with Crippen LogP contribution in [0, 0.1) is 0 Å². The van der Waals surface area contributed by atoms with Gasteiger partial charge in [-0.25, -0.2) is 9.78 Å². The number of nitrogens with zero attached hydrogens (tertiary/aromatic N) is 1. The third-order valence-electron chi connectivity index (χ3n) is 1.19. The Hall–Kier alpha value is -1.58. The molecular weight excluding hydrogens is 144 g/mol. The highest BCUT2D eigenvalue weighted by atomic mass is 16.4. The highest BCUT2D eigenvalue weighted by Crippen LogP contribution is 1.97. The maximum absolute atomic E-state index is 10.3. The van der Waals surface area contributed by atoms with Crippen LogP contribution in [0.5, 0.6) is 0 Å². The first-order chi connectivity index (χ1) is 5.24. The summed E-state index contributed by atoms with van der Waals surface area (Å²) in [7, 11) is 0. The molecule has 0 aliphatic carbocycles. The summed E-state index contributed by atoms with van der Waals surface area (Å²) in [6.45, 7) is 3.50. The fourth-order valence-electron chi connectivity index (χ4n) is 0.712. The Bertz CT molecular complexity index is 278. The Balaban J connectivity index is 2.81. The Kier molecular flexibility index (Phi) is 2.06. The van der Waals surface area contributed by atoms with Crippen LogP contribution in [0.3, 0.4) is 0 Å². The summed E-state index contributed by atoms with van der Waals surface area (Å²) in [6.07, 6.45) is 3.58. The number of nitrogens with one attached hydrogen (secondary N) is 1. The molecular formula is C7H8N2O2. The first kappa shape index (κ1) is 7.53. The lowest BCUT2D eigenvalue weighted by Crippen LogP contribution is -1.96. The molecule has 4 heteroatoms. The molecule has 0 aliphatic rings. The van der Waals surface area contributed by atoms with Crippen molar-refractivity contribution < 1.29 is 9.90 Å². The smallest absolute Gasteiger partial charge is 0.356 e. The van der Waals surface area contributed by atoms with Crippen molar-refractivity contribution in [3.8, 4) is 0 Å². The number of carboxylic acids is 1. The zero-order chi connectivity index (χ0) is 8.27. The molecule has 1 aromatic heterocycles. The zero-order valence-electron chi connectivity index (χ0n) is 5.87. The second-order valence-electron chi connectivity index (χ2n) is 2.03. The molecule has 0 bridgehead atoms. The number of rotatable bonds is 3. The van der Waals surface area contributed by atoms with E-state index < -0.39 is 5.97 Å². The third kappa shape index (κ3) is 1.67. The molecule has 0 saturated heterocycles. The number of carboxylic acid groups (broad SMARTS) is 1. The van der Waals surface area contributed by atoms with Gasteiger partial charge < -0.3 is 10.1 Å². The van der Waals surface area contributed by atoms with Crippen LogP contribution < -0.4 is 0 Å². The standard InChI is InChI=1S/C7H8N2O2/c1-2-3-6-8-4-5(9-6)7(10)11/h2,4H,1,3H2,(H,8,9)(H,10,11). The van der Waals surface area contributed by atoms with Crippen LogP contribution in [-0.2, 0) is 6.42 Å².